The second-order valence-electron chi connectivity index (χ2n) is 11.5. The van der Waals surface area contributed by atoms with E-state index < -0.39 is 0 Å². The van der Waals surface area contributed by atoms with Crippen molar-refractivity contribution < 1.29 is 9.53 Å². The summed E-state index contributed by atoms with van der Waals surface area (Å²) in [5, 5.41) is 0. The van der Waals surface area contributed by atoms with Crippen LogP contribution in [0.4, 0.5) is 0 Å². The van der Waals surface area contributed by atoms with Crippen LogP contribution in [0.5, 0.6) is 0 Å². The normalized spacial score (nSPS) is 11.3. The van der Waals surface area contributed by atoms with Gasteiger partial charge in [0.2, 0.25) is 0 Å². The lowest BCUT2D eigenvalue weighted by atomic mass is 10.0. The number of unbranched alkanes of at least 4 members (excludes halogenated alkanes) is 27. The molecule has 0 aromatic heterocycles. The molecule has 0 amide bonds. The van der Waals surface area contributed by atoms with Gasteiger partial charge in [0.1, 0.15) is 0 Å². The zero-order valence-corrected chi connectivity index (χ0v) is 25.2. The van der Waals surface area contributed by atoms with Crippen LogP contribution in [0.2, 0.25) is 0 Å². The smallest absolute Gasteiger partial charge is 0.305 e. The second kappa shape index (κ2) is 32.5. The van der Waals surface area contributed by atoms with Gasteiger partial charge in [0, 0.05) is 6.42 Å². The molecular formula is C34H68O2. The Balaban J connectivity index is 3.13. The van der Waals surface area contributed by atoms with Gasteiger partial charge in [0.25, 0.3) is 0 Å². The van der Waals surface area contributed by atoms with E-state index in [-0.39, 0.29) is 5.97 Å². The van der Waals surface area contributed by atoms with E-state index in [4.69, 9.17) is 4.74 Å². The van der Waals surface area contributed by atoms with Crippen LogP contribution in [0.3, 0.4) is 0 Å². The summed E-state index contributed by atoms with van der Waals surface area (Å²) in [5.74, 6) is 0.0265. The lowest BCUT2D eigenvalue weighted by Crippen LogP contribution is -2.05. The average molecular weight is 509 g/mol. The maximum absolute atomic E-state index is 11.9. The highest BCUT2D eigenvalue weighted by Crippen LogP contribution is 2.15. The molecule has 0 aromatic carbocycles. The molecule has 36 heavy (non-hydrogen) atoms. The third kappa shape index (κ3) is 31.5. The van der Waals surface area contributed by atoms with Crippen LogP contribution in [0.25, 0.3) is 0 Å². The number of rotatable bonds is 31. The molecule has 0 rings (SSSR count). The van der Waals surface area contributed by atoms with Gasteiger partial charge in [-0.25, -0.2) is 0 Å². The predicted octanol–water partition coefficient (Wildman–Crippen LogP) is 12.3. The van der Waals surface area contributed by atoms with Gasteiger partial charge in [0.05, 0.1) is 6.61 Å². The van der Waals surface area contributed by atoms with Crippen molar-refractivity contribution in [2.75, 3.05) is 6.61 Å². The fourth-order valence-corrected chi connectivity index (χ4v) is 5.20. The lowest BCUT2D eigenvalue weighted by molar-refractivity contribution is -0.143. The Morgan fingerprint density at radius 3 is 0.917 bits per heavy atom. The molecule has 0 aliphatic carbocycles. The minimum Gasteiger partial charge on any atom is -0.466 e. The third-order valence-electron chi connectivity index (χ3n) is 7.75. The summed E-state index contributed by atoms with van der Waals surface area (Å²) >= 11 is 0. The Bertz CT molecular complexity index is 406. The van der Waals surface area contributed by atoms with Crippen LogP contribution < -0.4 is 0 Å². The first-order valence-corrected chi connectivity index (χ1v) is 17.0. The molecule has 0 aliphatic heterocycles. The van der Waals surface area contributed by atoms with Crippen LogP contribution in [0.1, 0.15) is 206 Å². The van der Waals surface area contributed by atoms with Gasteiger partial charge in [-0.15, -0.1) is 0 Å². The molecule has 2 heteroatoms. The molecule has 0 aromatic rings. The molecule has 0 unspecified atom stereocenters. The van der Waals surface area contributed by atoms with Crippen molar-refractivity contribution in [2.24, 2.45) is 0 Å². The minimum absolute atomic E-state index is 0.0265. The predicted molar refractivity (Wildman–Crippen MR) is 161 cm³/mol. The molecule has 0 bridgehead atoms. The molecule has 0 aliphatic rings. The Kier molecular flexibility index (Phi) is 32.0. The Morgan fingerprint density at radius 2 is 0.611 bits per heavy atom. The third-order valence-corrected chi connectivity index (χ3v) is 7.75. The van der Waals surface area contributed by atoms with E-state index >= 15 is 0 Å². The second-order valence-corrected chi connectivity index (χ2v) is 11.5. The lowest BCUT2D eigenvalue weighted by Gasteiger charge is -2.06. The van der Waals surface area contributed by atoms with Gasteiger partial charge in [0.15, 0.2) is 0 Å². The van der Waals surface area contributed by atoms with Gasteiger partial charge in [-0.2, -0.15) is 0 Å². The van der Waals surface area contributed by atoms with E-state index in [0.717, 1.165) is 12.8 Å². The molecule has 0 radical (unpaired) electrons. The van der Waals surface area contributed by atoms with Crippen LogP contribution in [-0.2, 0) is 9.53 Å². The van der Waals surface area contributed by atoms with Gasteiger partial charge in [-0.3, -0.25) is 4.79 Å². The van der Waals surface area contributed by atoms with E-state index in [2.05, 4.69) is 13.8 Å². The number of esters is 1. The first kappa shape index (κ1) is 35.5. The summed E-state index contributed by atoms with van der Waals surface area (Å²) in [4.78, 5) is 11.9. The molecule has 2 nitrogen and oxygen atoms in total. The largest absolute Gasteiger partial charge is 0.466 e. The van der Waals surface area contributed by atoms with Crippen molar-refractivity contribution in [3.8, 4) is 0 Å². The first-order valence-electron chi connectivity index (χ1n) is 17.0. The van der Waals surface area contributed by atoms with Crippen molar-refractivity contribution >= 4 is 5.97 Å². The maximum atomic E-state index is 11.9. The monoisotopic (exact) mass is 509 g/mol. The van der Waals surface area contributed by atoms with Crippen LogP contribution in [0.15, 0.2) is 0 Å². The molecule has 216 valence electrons. The maximum Gasteiger partial charge on any atom is 0.305 e. The van der Waals surface area contributed by atoms with Crippen LogP contribution in [0, 0.1) is 0 Å². The quantitative estimate of drug-likeness (QED) is 0.0687. The van der Waals surface area contributed by atoms with Gasteiger partial charge >= 0.3 is 5.97 Å². The Hall–Kier alpha value is -0.530. The Morgan fingerprint density at radius 1 is 0.361 bits per heavy atom. The standard InChI is InChI=1S/C34H68O2/c1-3-5-7-9-11-13-15-16-17-18-19-20-21-22-24-26-28-30-32-34(35)36-33-31-29-27-25-23-14-12-10-8-6-4-2/h3-33H2,1-2H3. The van der Waals surface area contributed by atoms with Crippen molar-refractivity contribution in [2.45, 2.75) is 206 Å². The summed E-state index contributed by atoms with van der Waals surface area (Å²) < 4.78 is 5.42. The van der Waals surface area contributed by atoms with E-state index in [1.54, 1.807) is 0 Å². The Labute approximate surface area is 228 Å². The van der Waals surface area contributed by atoms with E-state index in [1.165, 1.54) is 173 Å². The number of hydrogen-bond donors (Lipinski definition) is 0. The van der Waals surface area contributed by atoms with Crippen molar-refractivity contribution in [1.82, 2.24) is 0 Å². The van der Waals surface area contributed by atoms with Crippen LogP contribution >= 0.6 is 0 Å². The fraction of sp³-hybridized carbons (Fsp3) is 0.971. The topological polar surface area (TPSA) is 26.3 Å². The van der Waals surface area contributed by atoms with Gasteiger partial charge < -0.3 is 4.74 Å². The molecule has 0 N–H and O–H groups in total. The molecule has 0 heterocycles. The number of ether oxygens (including phenoxy) is 1. The summed E-state index contributed by atoms with van der Waals surface area (Å²) in [5.41, 5.74) is 0. The molecule has 0 atom stereocenters. The van der Waals surface area contributed by atoms with Crippen molar-refractivity contribution in [3.05, 3.63) is 0 Å². The highest BCUT2D eigenvalue weighted by Gasteiger charge is 2.02. The first-order chi connectivity index (χ1) is 17.8. The highest BCUT2D eigenvalue weighted by atomic mass is 16.5. The zero-order valence-electron chi connectivity index (χ0n) is 25.2. The van der Waals surface area contributed by atoms with Crippen molar-refractivity contribution in [3.63, 3.8) is 0 Å². The highest BCUT2D eigenvalue weighted by molar-refractivity contribution is 5.69. The molecular weight excluding hydrogens is 440 g/mol. The van der Waals surface area contributed by atoms with Gasteiger partial charge in [-0.05, 0) is 12.8 Å². The zero-order chi connectivity index (χ0) is 26.2. The summed E-state index contributed by atoms with van der Waals surface area (Å²) in [7, 11) is 0. The molecule has 0 saturated carbocycles. The summed E-state index contributed by atoms with van der Waals surface area (Å²) in [6.07, 6.45) is 40.1. The fourth-order valence-electron chi connectivity index (χ4n) is 5.20. The van der Waals surface area contributed by atoms with E-state index in [9.17, 15) is 4.79 Å². The molecule has 0 fully saturated rings. The summed E-state index contributed by atoms with van der Waals surface area (Å²) in [6, 6.07) is 0. The van der Waals surface area contributed by atoms with Gasteiger partial charge in [-0.1, -0.05) is 187 Å². The van der Waals surface area contributed by atoms with Crippen LogP contribution in [-0.4, -0.2) is 12.6 Å². The van der Waals surface area contributed by atoms with E-state index in [0.29, 0.717) is 13.0 Å². The SMILES string of the molecule is CCCCCCCCCCCCCCCCCCCCC(=O)OCCCCCCCCCCCCC. The number of carbonyl (C=O) groups is 1. The average Bonchev–Trinajstić information content (AvgIpc) is 2.88. The molecule has 0 spiro atoms. The number of hydrogen-bond acceptors (Lipinski definition) is 2. The minimum atomic E-state index is 0.0265. The van der Waals surface area contributed by atoms with Crippen molar-refractivity contribution in [1.29, 1.82) is 0 Å². The molecule has 0 saturated heterocycles. The van der Waals surface area contributed by atoms with E-state index in [1.807, 2.05) is 0 Å². The summed E-state index contributed by atoms with van der Waals surface area (Å²) in [6.45, 7) is 5.20. The number of carbonyl (C=O) groups excluding carboxylic acids is 1.